The standard InChI is InChI=1S/C21H22FN3O3/c1-26-18-10-7-15(12-19(18)27-2)21-23-20(28-24-21)13-25-11-3-4-17(25)14-5-8-16(22)9-6-14/h5-10,12,17H,3-4,11,13H2,1-2H3. The normalized spacial score (nSPS) is 17.0. The highest BCUT2D eigenvalue weighted by Crippen LogP contribution is 2.34. The van der Waals surface area contributed by atoms with Crippen LogP contribution in [0.5, 0.6) is 11.5 Å². The van der Waals surface area contributed by atoms with Gasteiger partial charge in [0.15, 0.2) is 11.5 Å². The molecule has 6 nitrogen and oxygen atoms in total. The highest BCUT2D eigenvalue weighted by atomic mass is 19.1. The molecule has 1 aliphatic rings. The molecule has 1 unspecified atom stereocenters. The zero-order valence-electron chi connectivity index (χ0n) is 15.9. The van der Waals surface area contributed by atoms with Gasteiger partial charge >= 0.3 is 0 Å². The van der Waals surface area contributed by atoms with Gasteiger partial charge in [0.05, 0.1) is 20.8 Å². The monoisotopic (exact) mass is 383 g/mol. The number of benzene rings is 2. The molecule has 1 atom stereocenters. The fraction of sp³-hybridized carbons (Fsp3) is 0.333. The minimum Gasteiger partial charge on any atom is -0.493 e. The van der Waals surface area contributed by atoms with Crippen LogP contribution in [0.3, 0.4) is 0 Å². The Bertz CT molecular complexity index is 942. The van der Waals surface area contributed by atoms with Gasteiger partial charge in [-0.05, 0) is 55.3 Å². The third-order valence-electron chi connectivity index (χ3n) is 5.07. The molecule has 28 heavy (non-hydrogen) atoms. The largest absolute Gasteiger partial charge is 0.493 e. The van der Waals surface area contributed by atoms with Gasteiger partial charge in [0.1, 0.15) is 5.82 Å². The molecule has 0 bridgehead atoms. The summed E-state index contributed by atoms with van der Waals surface area (Å²) in [5.74, 6) is 2.11. The molecule has 3 aromatic rings. The predicted octanol–water partition coefficient (Wildman–Crippen LogP) is 4.23. The molecule has 1 aromatic heterocycles. The van der Waals surface area contributed by atoms with Crippen molar-refractivity contribution in [2.45, 2.75) is 25.4 Å². The SMILES string of the molecule is COc1ccc(-c2noc(CN3CCCC3c3ccc(F)cc3)n2)cc1OC. The minimum absolute atomic E-state index is 0.218. The highest BCUT2D eigenvalue weighted by Gasteiger charge is 2.27. The van der Waals surface area contributed by atoms with Crippen molar-refractivity contribution in [3.63, 3.8) is 0 Å². The second-order valence-corrected chi connectivity index (χ2v) is 6.76. The van der Waals surface area contributed by atoms with Crippen LogP contribution in [0.1, 0.15) is 30.3 Å². The van der Waals surface area contributed by atoms with E-state index in [2.05, 4.69) is 15.0 Å². The summed E-state index contributed by atoms with van der Waals surface area (Å²) in [6.07, 6.45) is 2.11. The fourth-order valence-corrected chi connectivity index (χ4v) is 3.66. The van der Waals surface area contributed by atoms with E-state index in [-0.39, 0.29) is 11.9 Å². The summed E-state index contributed by atoms with van der Waals surface area (Å²) < 4.78 is 29.3. The number of nitrogens with zero attached hydrogens (tertiary/aromatic N) is 3. The van der Waals surface area contributed by atoms with Gasteiger partial charge in [0.2, 0.25) is 11.7 Å². The molecule has 4 rings (SSSR count). The molecule has 7 heteroatoms. The molecule has 0 N–H and O–H groups in total. The van der Waals surface area contributed by atoms with Crippen LogP contribution < -0.4 is 9.47 Å². The molecule has 0 amide bonds. The summed E-state index contributed by atoms with van der Waals surface area (Å²) in [4.78, 5) is 6.83. The predicted molar refractivity (Wildman–Crippen MR) is 102 cm³/mol. The number of ether oxygens (including phenoxy) is 2. The minimum atomic E-state index is -0.218. The summed E-state index contributed by atoms with van der Waals surface area (Å²) in [5, 5.41) is 4.11. The van der Waals surface area contributed by atoms with Crippen molar-refractivity contribution < 1.29 is 18.4 Å². The smallest absolute Gasteiger partial charge is 0.241 e. The summed E-state index contributed by atoms with van der Waals surface area (Å²) >= 11 is 0. The van der Waals surface area contributed by atoms with E-state index in [1.165, 1.54) is 12.1 Å². The molecule has 2 aromatic carbocycles. The van der Waals surface area contributed by atoms with Crippen molar-refractivity contribution in [1.29, 1.82) is 0 Å². The van der Waals surface area contributed by atoms with Crippen LogP contribution in [0.2, 0.25) is 0 Å². The van der Waals surface area contributed by atoms with Crippen LogP contribution in [-0.2, 0) is 6.54 Å². The van der Waals surface area contributed by atoms with Crippen molar-refractivity contribution in [3.05, 3.63) is 59.7 Å². The van der Waals surface area contributed by atoms with Crippen molar-refractivity contribution >= 4 is 0 Å². The van der Waals surface area contributed by atoms with E-state index >= 15 is 0 Å². The molecule has 2 heterocycles. The van der Waals surface area contributed by atoms with Gasteiger partial charge in [-0.25, -0.2) is 4.39 Å². The van der Waals surface area contributed by atoms with E-state index in [0.717, 1.165) is 30.5 Å². The second-order valence-electron chi connectivity index (χ2n) is 6.76. The maximum absolute atomic E-state index is 13.2. The molecular formula is C21H22FN3O3. The van der Waals surface area contributed by atoms with Gasteiger partial charge in [-0.1, -0.05) is 17.3 Å². The van der Waals surface area contributed by atoms with Gasteiger partial charge in [0, 0.05) is 11.6 Å². The summed E-state index contributed by atoms with van der Waals surface area (Å²) in [6, 6.07) is 12.5. The first-order valence-corrected chi connectivity index (χ1v) is 9.22. The van der Waals surface area contributed by atoms with Gasteiger partial charge in [-0.15, -0.1) is 0 Å². The van der Waals surface area contributed by atoms with Gasteiger partial charge < -0.3 is 14.0 Å². The topological polar surface area (TPSA) is 60.6 Å². The molecule has 0 radical (unpaired) electrons. The quantitative estimate of drug-likeness (QED) is 0.635. The third-order valence-corrected chi connectivity index (χ3v) is 5.07. The maximum Gasteiger partial charge on any atom is 0.241 e. The van der Waals surface area contributed by atoms with E-state index in [0.29, 0.717) is 29.8 Å². The third kappa shape index (κ3) is 3.71. The number of aromatic nitrogens is 2. The Balaban J connectivity index is 1.51. The average Bonchev–Trinajstić information content (AvgIpc) is 3.38. The van der Waals surface area contributed by atoms with Crippen LogP contribution in [0.15, 0.2) is 47.0 Å². The maximum atomic E-state index is 13.2. The molecule has 0 aliphatic carbocycles. The lowest BCUT2D eigenvalue weighted by Crippen LogP contribution is -2.22. The van der Waals surface area contributed by atoms with Crippen molar-refractivity contribution in [3.8, 4) is 22.9 Å². The first-order chi connectivity index (χ1) is 13.7. The molecule has 1 fully saturated rings. The molecule has 1 aliphatic heterocycles. The van der Waals surface area contributed by atoms with Crippen molar-refractivity contribution in [2.24, 2.45) is 0 Å². The van der Waals surface area contributed by atoms with Crippen LogP contribution in [-0.4, -0.2) is 35.8 Å². The van der Waals surface area contributed by atoms with Crippen molar-refractivity contribution in [2.75, 3.05) is 20.8 Å². The first-order valence-electron chi connectivity index (χ1n) is 9.22. The van der Waals surface area contributed by atoms with E-state index in [4.69, 9.17) is 14.0 Å². The summed E-state index contributed by atoms with van der Waals surface area (Å²) in [5.41, 5.74) is 1.91. The molecule has 1 saturated heterocycles. The first kappa shape index (κ1) is 18.4. The Kier molecular flexibility index (Phi) is 5.25. The van der Waals surface area contributed by atoms with Gasteiger partial charge in [-0.3, -0.25) is 4.90 Å². The number of methoxy groups -OCH3 is 2. The number of hydrogen-bond acceptors (Lipinski definition) is 6. The van der Waals surface area contributed by atoms with Crippen LogP contribution in [0.25, 0.3) is 11.4 Å². The lowest BCUT2D eigenvalue weighted by atomic mass is 10.0. The number of halogens is 1. The van der Waals surface area contributed by atoms with E-state index in [9.17, 15) is 4.39 Å². The van der Waals surface area contributed by atoms with E-state index in [1.54, 1.807) is 14.2 Å². The molecule has 0 saturated carbocycles. The highest BCUT2D eigenvalue weighted by molar-refractivity contribution is 5.60. The zero-order chi connectivity index (χ0) is 19.5. The second kappa shape index (κ2) is 7.98. The van der Waals surface area contributed by atoms with Crippen LogP contribution in [0, 0.1) is 5.82 Å². The van der Waals surface area contributed by atoms with E-state index < -0.39 is 0 Å². The Morgan fingerprint density at radius 2 is 1.89 bits per heavy atom. The van der Waals surface area contributed by atoms with Crippen LogP contribution >= 0.6 is 0 Å². The summed E-state index contributed by atoms with van der Waals surface area (Å²) in [6.45, 7) is 1.50. The molecule has 0 spiro atoms. The number of likely N-dealkylation sites (tertiary alicyclic amines) is 1. The molecular weight excluding hydrogens is 361 g/mol. The number of hydrogen-bond donors (Lipinski definition) is 0. The Labute approximate surface area is 162 Å². The average molecular weight is 383 g/mol. The number of rotatable bonds is 6. The van der Waals surface area contributed by atoms with Gasteiger partial charge in [-0.2, -0.15) is 4.98 Å². The lowest BCUT2D eigenvalue weighted by Gasteiger charge is -2.23. The fourth-order valence-electron chi connectivity index (χ4n) is 3.66. The zero-order valence-corrected chi connectivity index (χ0v) is 15.9. The summed E-state index contributed by atoms with van der Waals surface area (Å²) in [7, 11) is 3.18. The Hall–Kier alpha value is -2.93. The lowest BCUT2D eigenvalue weighted by molar-refractivity contribution is 0.212. The Morgan fingerprint density at radius 1 is 1.11 bits per heavy atom. The van der Waals surface area contributed by atoms with Gasteiger partial charge in [0.25, 0.3) is 0 Å². The van der Waals surface area contributed by atoms with E-state index in [1.807, 2.05) is 30.3 Å². The van der Waals surface area contributed by atoms with Crippen LogP contribution in [0.4, 0.5) is 4.39 Å². The van der Waals surface area contributed by atoms with Crippen molar-refractivity contribution in [1.82, 2.24) is 15.0 Å². The molecule has 146 valence electrons. The Morgan fingerprint density at radius 3 is 2.64 bits per heavy atom.